The summed E-state index contributed by atoms with van der Waals surface area (Å²) in [5.41, 5.74) is 1.09. The van der Waals surface area contributed by atoms with E-state index in [9.17, 15) is 9.59 Å². The number of rotatable bonds is 8. The van der Waals surface area contributed by atoms with Crippen molar-refractivity contribution < 1.29 is 19.6 Å². The monoisotopic (exact) mass is 372 g/mol. The van der Waals surface area contributed by atoms with Gasteiger partial charge in [-0.2, -0.15) is 0 Å². The van der Waals surface area contributed by atoms with Gasteiger partial charge in [-0.15, -0.1) is 0 Å². The van der Waals surface area contributed by atoms with Crippen LogP contribution in [0.3, 0.4) is 0 Å². The smallest absolute Gasteiger partial charge is 0.275 e. The molecule has 1 aromatic carbocycles. The van der Waals surface area contributed by atoms with Crippen molar-refractivity contribution in [2.75, 3.05) is 26.7 Å². The Balaban J connectivity index is 2.42. The molecule has 0 heterocycles. The average Bonchev–Trinajstić information content (AvgIpc) is 2.50. The Labute approximate surface area is 139 Å². The third-order valence-corrected chi connectivity index (χ3v) is 3.80. The Hall–Kier alpha value is -1.60. The molecule has 22 heavy (non-hydrogen) atoms. The Kier molecular flexibility index (Phi) is 7.90. The minimum atomic E-state index is -0.178. The highest BCUT2D eigenvalue weighted by molar-refractivity contribution is 9.10. The molecule has 0 radical (unpaired) electrons. The molecule has 0 aliphatic rings. The molecule has 0 aromatic heterocycles. The minimum absolute atomic E-state index is 0.0168. The number of nitrogens with one attached hydrogen (secondary N) is 2. The molecule has 4 N–H and O–H groups in total. The van der Waals surface area contributed by atoms with E-state index in [0.29, 0.717) is 6.54 Å². The number of hydrogen-bond donors (Lipinski definition) is 3. The van der Waals surface area contributed by atoms with Gasteiger partial charge >= 0.3 is 0 Å². The Morgan fingerprint density at radius 2 is 2.05 bits per heavy atom. The molecular weight excluding hydrogens is 350 g/mol. The van der Waals surface area contributed by atoms with Crippen molar-refractivity contribution in [1.82, 2.24) is 10.6 Å². The van der Waals surface area contributed by atoms with Crippen LogP contribution in [-0.4, -0.2) is 38.6 Å². The minimum Gasteiger partial charge on any atom is -0.496 e. The number of carbonyl (C=O) groups excluding carboxylic acids is 2. The predicted octanol–water partition coefficient (Wildman–Crippen LogP) is 0.334. The van der Waals surface area contributed by atoms with Crippen molar-refractivity contribution in [3.8, 4) is 5.75 Å². The summed E-state index contributed by atoms with van der Waals surface area (Å²) in [5.74, 6) is 0.435. The molecule has 6 nitrogen and oxygen atoms in total. The van der Waals surface area contributed by atoms with Crippen LogP contribution in [0, 0.1) is 0 Å². The van der Waals surface area contributed by atoms with Crippen LogP contribution < -0.4 is 20.7 Å². The van der Waals surface area contributed by atoms with E-state index in [1.54, 1.807) is 7.11 Å². The zero-order chi connectivity index (χ0) is 16.5. The molecule has 0 saturated heterocycles. The molecule has 0 saturated carbocycles. The van der Waals surface area contributed by atoms with Gasteiger partial charge in [-0.3, -0.25) is 9.59 Å². The summed E-state index contributed by atoms with van der Waals surface area (Å²) in [6, 6.07) is 5.96. The molecule has 2 amide bonds. The lowest BCUT2D eigenvalue weighted by molar-refractivity contribution is -0.682. The van der Waals surface area contributed by atoms with Crippen LogP contribution in [-0.2, 0) is 9.59 Å². The highest BCUT2D eigenvalue weighted by Crippen LogP contribution is 2.26. The number of nitrogens with two attached hydrogens (primary N) is 1. The molecule has 0 bridgehead atoms. The summed E-state index contributed by atoms with van der Waals surface area (Å²) >= 11 is 3.45. The van der Waals surface area contributed by atoms with E-state index < -0.39 is 0 Å². The Morgan fingerprint density at radius 1 is 1.32 bits per heavy atom. The van der Waals surface area contributed by atoms with Gasteiger partial charge in [0, 0.05) is 12.1 Å². The maximum Gasteiger partial charge on any atom is 0.275 e. The van der Waals surface area contributed by atoms with Crippen LogP contribution in [0.2, 0.25) is 0 Å². The highest BCUT2D eigenvalue weighted by Gasteiger charge is 2.13. The van der Waals surface area contributed by atoms with Crippen LogP contribution in [0.15, 0.2) is 22.7 Å². The second-order valence-electron chi connectivity index (χ2n) is 4.85. The van der Waals surface area contributed by atoms with Crippen LogP contribution >= 0.6 is 15.9 Å². The molecule has 0 unspecified atom stereocenters. The van der Waals surface area contributed by atoms with E-state index in [1.165, 1.54) is 0 Å². The summed E-state index contributed by atoms with van der Waals surface area (Å²) in [6.45, 7) is 4.70. The fourth-order valence-corrected chi connectivity index (χ4v) is 2.45. The van der Waals surface area contributed by atoms with Crippen LogP contribution in [0.5, 0.6) is 5.75 Å². The SMILES string of the molecule is CCNC(=O)CNC(=O)C[NH2+][C@H](C)c1ccc(OC)c(Br)c1. The molecule has 1 atom stereocenters. The maximum absolute atomic E-state index is 11.7. The molecule has 1 rings (SSSR count). The first-order chi connectivity index (χ1) is 10.5. The molecule has 0 aliphatic carbocycles. The van der Waals surface area contributed by atoms with Crippen molar-refractivity contribution in [2.24, 2.45) is 0 Å². The summed E-state index contributed by atoms with van der Waals surface area (Å²) in [7, 11) is 1.62. The van der Waals surface area contributed by atoms with Crippen LogP contribution in [0.4, 0.5) is 0 Å². The summed E-state index contributed by atoms with van der Waals surface area (Å²) in [4.78, 5) is 23.0. The van der Waals surface area contributed by atoms with Crippen molar-refractivity contribution in [3.05, 3.63) is 28.2 Å². The predicted molar refractivity (Wildman–Crippen MR) is 87.6 cm³/mol. The van der Waals surface area contributed by atoms with Crippen molar-refractivity contribution >= 4 is 27.7 Å². The number of carbonyl (C=O) groups is 2. The zero-order valence-electron chi connectivity index (χ0n) is 13.1. The average molecular weight is 373 g/mol. The van der Waals surface area contributed by atoms with Gasteiger partial charge in [0.1, 0.15) is 11.8 Å². The number of likely N-dealkylation sites (N-methyl/N-ethyl adjacent to an activating group) is 1. The third kappa shape index (κ3) is 6.03. The van der Waals surface area contributed by atoms with Crippen molar-refractivity contribution in [2.45, 2.75) is 19.9 Å². The van der Waals surface area contributed by atoms with Gasteiger partial charge in [-0.05, 0) is 48.0 Å². The quantitative estimate of drug-likeness (QED) is 0.614. The molecule has 1 aromatic rings. The van der Waals surface area contributed by atoms with Crippen LogP contribution in [0.1, 0.15) is 25.5 Å². The molecule has 122 valence electrons. The fraction of sp³-hybridized carbons (Fsp3) is 0.467. The maximum atomic E-state index is 11.7. The van der Waals surface area contributed by atoms with Gasteiger partial charge < -0.3 is 20.7 Å². The van der Waals surface area contributed by atoms with Crippen molar-refractivity contribution in [3.63, 3.8) is 0 Å². The van der Waals surface area contributed by atoms with E-state index in [4.69, 9.17) is 4.74 Å². The molecule has 0 fully saturated rings. The zero-order valence-corrected chi connectivity index (χ0v) is 14.7. The number of hydrogen-bond acceptors (Lipinski definition) is 3. The number of amides is 2. The van der Waals surface area contributed by atoms with Gasteiger partial charge in [-0.25, -0.2) is 0 Å². The van der Waals surface area contributed by atoms with E-state index in [-0.39, 0.29) is 30.9 Å². The topological polar surface area (TPSA) is 84.0 Å². The Bertz CT molecular complexity index is 523. The standard InChI is InChI=1S/C15H22BrN3O3/c1-4-17-14(20)9-19-15(21)8-18-10(2)11-5-6-13(22-3)12(16)7-11/h5-7,10,18H,4,8-9H2,1-3H3,(H,17,20)(H,19,21)/p+1/t10-/m1/s1. The normalized spacial score (nSPS) is 11.6. The number of halogens is 1. The van der Waals surface area contributed by atoms with E-state index >= 15 is 0 Å². The summed E-state index contributed by atoms with van der Waals surface area (Å²) in [5, 5.41) is 7.14. The molecular formula is C15H23BrN3O3+. The number of quaternary nitrogens is 1. The first-order valence-corrected chi connectivity index (χ1v) is 7.97. The first kappa shape index (κ1) is 18.4. The second-order valence-corrected chi connectivity index (χ2v) is 5.71. The van der Waals surface area contributed by atoms with Gasteiger partial charge in [-0.1, -0.05) is 0 Å². The van der Waals surface area contributed by atoms with Gasteiger partial charge in [0.25, 0.3) is 5.91 Å². The van der Waals surface area contributed by atoms with E-state index in [2.05, 4.69) is 26.6 Å². The van der Waals surface area contributed by atoms with E-state index in [0.717, 1.165) is 15.8 Å². The summed E-state index contributed by atoms with van der Waals surface area (Å²) in [6.07, 6.45) is 0. The first-order valence-electron chi connectivity index (χ1n) is 7.18. The van der Waals surface area contributed by atoms with Gasteiger partial charge in [0.05, 0.1) is 18.1 Å². The second kappa shape index (κ2) is 9.42. The number of benzene rings is 1. The fourth-order valence-electron chi connectivity index (χ4n) is 1.90. The largest absolute Gasteiger partial charge is 0.496 e. The Morgan fingerprint density at radius 3 is 2.64 bits per heavy atom. The third-order valence-electron chi connectivity index (χ3n) is 3.18. The van der Waals surface area contributed by atoms with E-state index in [1.807, 2.05) is 37.4 Å². The molecule has 0 aliphatic heterocycles. The molecule has 7 heteroatoms. The highest BCUT2D eigenvalue weighted by atomic mass is 79.9. The summed E-state index contributed by atoms with van der Waals surface area (Å²) < 4.78 is 6.08. The van der Waals surface area contributed by atoms with Gasteiger partial charge in [0.2, 0.25) is 5.91 Å². The number of ether oxygens (including phenoxy) is 1. The lowest BCUT2D eigenvalue weighted by atomic mass is 10.1. The lowest BCUT2D eigenvalue weighted by Gasteiger charge is -2.13. The molecule has 0 spiro atoms. The number of methoxy groups -OCH3 is 1. The lowest BCUT2D eigenvalue weighted by Crippen LogP contribution is -2.87. The van der Waals surface area contributed by atoms with Crippen molar-refractivity contribution in [1.29, 1.82) is 0 Å². The van der Waals surface area contributed by atoms with Crippen LogP contribution in [0.25, 0.3) is 0 Å². The van der Waals surface area contributed by atoms with Gasteiger partial charge in [0.15, 0.2) is 6.54 Å².